The predicted molar refractivity (Wildman–Crippen MR) is 113 cm³/mol. The van der Waals surface area contributed by atoms with E-state index >= 15 is 0 Å². The Hall–Kier alpha value is -3.12. The zero-order valence-corrected chi connectivity index (χ0v) is 16.4. The molecule has 2 amide bonds. The molecule has 1 unspecified atom stereocenters. The van der Waals surface area contributed by atoms with Crippen LogP contribution in [0.15, 0.2) is 78.9 Å². The van der Waals surface area contributed by atoms with E-state index in [-0.39, 0.29) is 17.2 Å². The maximum atomic E-state index is 13.3. The average Bonchev–Trinajstić information content (AvgIpc) is 3.09. The van der Waals surface area contributed by atoms with E-state index in [1.807, 2.05) is 47.4 Å². The number of nitrogens with one attached hydrogen (secondary N) is 1. The van der Waals surface area contributed by atoms with E-state index in [1.165, 1.54) is 12.1 Å². The van der Waals surface area contributed by atoms with E-state index in [4.69, 9.17) is 0 Å². The van der Waals surface area contributed by atoms with Gasteiger partial charge in [-0.1, -0.05) is 48.5 Å². The SMILES string of the molecule is O=C(Nc1cccc(F)c1)c1ccc(C2SCC(=O)N2Cc2ccccc2)cc1. The van der Waals surface area contributed by atoms with Crippen LogP contribution >= 0.6 is 11.8 Å². The largest absolute Gasteiger partial charge is 0.322 e. The molecule has 0 spiro atoms. The fourth-order valence-corrected chi connectivity index (χ4v) is 4.44. The van der Waals surface area contributed by atoms with Crippen LogP contribution in [0.2, 0.25) is 0 Å². The normalized spacial score (nSPS) is 16.1. The molecule has 3 aromatic rings. The van der Waals surface area contributed by atoms with Crippen molar-refractivity contribution in [2.24, 2.45) is 0 Å². The third-order valence-electron chi connectivity index (χ3n) is 4.70. The fourth-order valence-electron chi connectivity index (χ4n) is 3.25. The molecule has 0 radical (unpaired) electrons. The second-order valence-electron chi connectivity index (χ2n) is 6.76. The topological polar surface area (TPSA) is 49.4 Å². The summed E-state index contributed by atoms with van der Waals surface area (Å²) in [5, 5.41) is 2.61. The van der Waals surface area contributed by atoms with Crippen molar-refractivity contribution in [2.45, 2.75) is 11.9 Å². The highest BCUT2D eigenvalue weighted by Crippen LogP contribution is 2.39. The number of rotatable bonds is 5. The Bertz CT molecular complexity index is 1020. The third-order valence-corrected chi connectivity index (χ3v) is 5.96. The Kier molecular flexibility index (Phi) is 5.62. The summed E-state index contributed by atoms with van der Waals surface area (Å²) < 4.78 is 13.3. The molecule has 146 valence electrons. The molecule has 1 heterocycles. The first-order chi connectivity index (χ1) is 14.1. The number of anilines is 1. The van der Waals surface area contributed by atoms with Crippen molar-refractivity contribution in [1.82, 2.24) is 4.90 Å². The summed E-state index contributed by atoms with van der Waals surface area (Å²) >= 11 is 1.58. The quantitative estimate of drug-likeness (QED) is 0.659. The first-order valence-electron chi connectivity index (χ1n) is 9.22. The van der Waals surface area contributed by atoms with E-state index in [0.29, 0.717) is 23.5 Å². The van der Waals surface area contributed by atoms with E-state index in [1.54, 1.807) is 36.0 Å². The smallest absolute Gasteiger partial charge is 0.255 e. The van der Waals surface area contributed by atoms with Crippen LogP contribution in [0.1, 0.15) is 26.9 Å². The summed E-state index contributed by atoms with van der Waals surface area (Å²) in [4.78, 5) is 26.7. The van der Waals surface area contributed by atoms with Gasteiger partial charge in [0.2, 0.25) is 5.91 Å². The molecule has 6 heteroatoms. The van der Waals surface area contributed by atoms with Gasteiger partial charge >= 0.3 is 0 Å². The van der Waals surface area contributed by atoms with Crippen molar-refractivity contribution in [1.29, 1.82) is 0 Å². The molecule has 4 nitrogen and oxygen atoms in total. The number of nitrogens with zero attached hydrogens (tertiary/aromatic N) is 1. The molecule has 1 N–H and O–H groups in total. The lowest BCUT2D eigenvalue weighted by Crippen LogP contribution is -2.27. The first kappa shape index (κ1) is 19.2. The van der Waals surface area contributed by atoms with Crippen LogP contribution in [0.3, 0.4) is 0 Å². The molecule has 1 aliphatic rings. The number of halogens is 1. The zero-order valence-electron chi connectivity index (χ0n) is 15.5. The van der Waals surface area contributed by atoms with Gasteiger partial charge in [0, 0.05) is 17.8 Å². The van der Waals surface area contributed by atoms with Crippen molar-refractivity contribution in [3.63, 3.8) is 0 Å². The minimum absolute atomic E-state index is 0.0805. The van der Waals surface area contributed by atoms with Crippen molar-refractivity contribution >= 4 is 29.3 Å². The third kappa shape index (κ3) is 4.49. The number of amides is 2. The molecule has 0 aliphatic carbocycles. The van der Waals surface area contributed by atoms with E-state index in [0.717, 1.165) is 11.1 Å². The molecule has 3 aromatic carbocycles. The van der Waals surface area contributed by atoms with Gasteiger partial charge in [-0.2, -0.15) is 0 Å². The van der Waals surface area contributed by atoms with Gasteiger partial charge in [0.25, 0.3) is 5.91 Å². The Morgan fingerprint density at radius 1 is 1.03 bits per heavy atom. The van der Waals surface area contributed by atoms with Crippen molar-refractivity contribution in [2.75, 3.05) is 11.1 Å². The molecule has 0 bridgehead atoms. The Balaban J connectivity index is 1.47. The number of benzene rings is 3. The van der Waals surface area contributed by atoms with Crippen LogP contribution in [0.4, 0.5) is 10.1 Å². The first-order valence-corrected chi connectivity index (χ1v) is 10.3. The van der Waals surface area contributed by atoms with Gasteiger partial charge in [-0.15, -0.1) is 11.8 Å². The van der Waals surface area contributed by atoms with Gasteiger partial charge in [-0.25, -0.2) is 4.39 Å². The molecular formula is C23H19FN2O2S. The number of hydrogen-bond donors (Lipinski definition) is 1. The van der Waals surface area contributed by atoms with Crippen molar-refractivity contribution in [3.05, 3.63) is 101 Å². The Labute approximate surface area is 172 Å². The fraction of sp³-hybridized carbons (Fsp3) is 0.130. The van der Waals surface area contributed by atoms with Gasteiger partial charge in [-0.05, 0) is 41.5 Å². The zero-order chi connectivity index (χ0) is 20.2. The lowest BCUT2D eigenvalue weighted by Gasteiger charge is -2.24. The van der Waals surface area contributed by atoms with Gasteiger partial charge in [0.1, 0.15) is 11.2 Å². The van der Waals surface area contributed by atoms with Crippen LogP contribution in [-0.2, 0) is 11.3 Å². The number of carbonyl (C=O) groups is 2. The maximum absolute atomic E-state index is 13.3. The second-order valence-corrected chi connectivity index (χ2v) is 7.83. The van der Waals surface area contributed by atoms with E-state index in [9.17, 15) is 14.0 Å². The highest BCUT2D eigenvalue weighted by Gasteiger charge is 2.32. The predicted octanol–water partition coefficient (Wildman–Crippen LogP) is 4.85. The van der Waals surface area contributed by atoms with Crippen LogP contribution in [-0.4, -0.2) is 22.5 Å². The van der Waals surface area contributed by atoms with Crippen molar-refractivity contribution < 1.29 is 14.0 Å². The number of thioether (sulfide) groups is 1. The van der Waals surface area contributed by atoms with Crippen molar-refractivity contribution in [3.8, 4) is 0 Å². The summed E-state index contributed by atoms with van der Waals surface area (Å²) in [5.74, 6) is -0.158. The standard InChI is InChI=1S/C23H19FN2O2S/c24-19-7-4-8-20(13-19)25-22(28)17-9-11-18(12-10-17)23-26(21(27)15-29-23)14-16-5-2-1-3-6-16/h1-13,23H,14-15H2,(H,25,28). The highest BCUT2D eigenvalue weighted by molar-refractivity contribution is 8.00. The molecule has 1 fully saturated rings. The maximum Gasteiger partial charge on any atom is 0.255 e. The molecule has 4 rings (SSSR count). The summed E-state index contributed by atoms with van der Waals surface area (Å²) in [5.41, 5.74) is 2.94. The van der Waals surface area contributed by atoms with Gasteiger partial charge in [-0.3, -0.25) is 9.59 Å². The average molecular weight is 406 g/mol. The minimum atomic E-state index is -0.403. The van der Waals surface area contributed by atoms with Gasteiger partial charge in [0.15, 0.2) is 0 Å². The van der Waals surface area contributed by atoms with Gasteiger partial charge < -0.3 is 10.2 Å². The molecule has 1 atom stereocenters. The van der Waals surface area contributed by atoms with Crippen LogP contribution in [0.25, 0.3) is 0 Å². The van der Waals surface area contributed by atoms with Gasteiger partial charge in [0.05, 0.1) is 5.75 Å². The summed E-state index contributed by atoms with van der Waals surface area (Å²) in [7, 11) is 0. The monoisotopic (exact) mass is 406 g/mol. The van der Waals surface area contributed by atoms with E-state index in [2.05, 4.69) is 5.32 Å². The number of hydrogen-bond acceptors (Lipinski definition) is 3. The summed E-state index contributed by atoms with van der Waals surface area (Å²) in [6.45, 7) is 0.555. The molecule has 0 aromatic heterocycles. The van der Waals surface area contributed by atoms with E-state index < -0.39 is 5.82 Å². The summed E-state index contributed by atoms with van der Waals surface area (Å²) in [6, 6.07) is 22.9. The summed E-state index contributed by atoms with van der Waals surface area (Å²) in [6.07, 6.45) is 0. The highest BCUT2D eigenvalue weighted by atomic mass is 32.2. The van der Waals surface area contributed by atoms with Crippen LogP contribution < -0.4 is 5.32 Å². The molecular weight excluding hydrogens is 387 g/mol. The Morgan fingerprint density at radius 3 is 2.52 bits per heavy atom. The number of carbonyl (C=O) groups excluding carboxylic acids is 2. The van der Waals surface area contributed by atoms with Crippen LogP contribution in [0, 0.1) is 5.82 Å². The second kappa shape index (κ2) is 8.49. The molecule has 0 saturated carbocycles. The van der Waals surface area contributed by atoms with Crippen LogP contribution in [0.5, 0.6) is 0 Å². The molecule has 29 heavy (non-hydrogen) atoms. The lowest BCUT2D eigenvalue weighted by molar-refractivity contribution is -0.128. The minimum Gasteiger partial charge on any atom is -0.322 e. The lowest BCUT2D eigenvalue weighted by atomic mass is 10.1. The molecule has 1 aliphatic heterocycles. The molecule has 1 saturated heterocycles. The Morgan fingerprint density at radius 2 is 1.79 bits per heavy atom.